The van der Waals surface area contributed by atoms with Gasteiger partial charge in [-0.25, -0.2) is 0 Å². The Kier molecular flexibility index (Phi) is 5.91. The summed E-state index contributed by atoms with van der Waals surface area (Å²) in [4.78, 5) is 31.8. The average Bonchev–Trinajstić information content (AvgIpc) is 3.04. The number of methoxy groups -OCH3 is 1. The van der Waals surface area contributed by atoms with Crippen LogP contribution in [-0.4, -0.2) is 28.9 Å². The van der Waals surface area contributed by atoms with E-state index >= 15 is 0 Å². The first-order chi connectivity index (χ1) is 15.3. The molecule has 0 spiro atoms. The number of amides is 1. The molecule has 4 rings (SSSR count). The zero-order valence-corrected chi connectivity index (χ0v) is 18.7. The lowest BCUT2D eigenvalue weighted by Crippen LogP contribution is -2.29. The Morgan fingerprint density at radius 2 is 1.91 bits per heavy atom. The number of carbonyl (C=O) groups excluding carboxylic acids is 2. The maximum absolute atomic E-state index is 13.2. The van der Waals surface area contributed by atoms with Gasteiger partial charge >= 0.3 is 0 Å². The first-order valence-corrected chi connectivity index (χ1v) is 10.4. The summed E-state index contributed by atoms with van der Waals surface area (Å²) in [6.45, 7) is 1.80. The summed E-state index contributed by atoms with van der Waals surface area (Å²) < 4.78 is 5.38. The predicted octanol–water partition coefficient (Wildman–Crippen LogP) is 5.33. The molecule has 1 saturated heterocycles. The number of Topliss-reactive ketones (excluding diaryl/α,β-unsaturated/α-hetero) is 1. The van der Waals surface area contributed by atoms with Gasteiger partial charge in [-0.1, -0.05) is 35.3 Å². The van der Waals surface area contributed by atoms with E-state index in [2.05, 4.69) is 4.98 Å². The Bertz CT molecular complexity index is 1260. The van der Waals surface area contributed by atoms with Crippen molar-refractivity contribution in [2.45, 2.75) is 13.0 Å². The molecule has 1 atom stereocenters. The van der Waals surface area contributed by atoms with E-state index in [0.29, 0.717) is 16.3 Å². The van der Waals surface area contributed by atoms with E-state index in [1.165, 1.54) is 12.0 Å². The number of nitrogens with zero attached hydrogens (tertiary/aromatic N) is 2. The van der Waals surface area contributed by atoms with Crippen LogP contribution in [0, 0.1) is 6.92 Å². The van der Waals surface area contributed by atoms with Gasteiger partial charge in [-0.15, -0.1) is 0 Å². The molecule has 2 aromatic carbocycles. The highest BCUT2D eigenvalue weighted by molar-refractivity contribution is 6.52. The molecule has 1 aliphatic rings. The Labute approximate surface area is 194 Å². The van der Waals surface area contributed by atoms with Gasteiger partial charge in [-0.3, -0.25) is 19.5 Å². The number of pyridine rings is 1. The molecule has 1 aliphatic heterocycles. The third-order valence-electron chi connectivity index (χ3n) is 5.18. The summed E-state index contributed by atoms with van der Waals surface area (Å²) in [7, 11) is 1.41. The van der Waals surface area contributed by atoms with Crippen molar-refractivity contribution >= 4 is 46.3 Å². The van der Waals surface area contributed by atoms with Crippen molar-refractivity contribution in [3.8, 4) is 5.75 Å². The maximum atomic E-state index is 13.2. The number of ether oxygens (including phenoxy) is 1. The molecule has 3 aromatic rings. The number of aliphatic hydroxyl groups is 1. The number of carbonyl (C=O) groups is 2. The first-order valence-electron chi connectivity index (χ1n) is 9.64. The molecule has 32 heavy (non-hydrogen) atoms. The van der Waals surface area contributed by atoms with Crippen LogP contribution in [0.5, 0.6) is 5.75 Å². The maximum Gasteiger partial charge on any atom is 0.300 e. The van der Waals surface area contributed by atoms with Crippen molar-refractivity contribution in [2.75, 3.05) is 12.0 Å². The summed E-state index contributed by atoms with van der Waals surface area (Å²) >= 11 is 12.4. The predicted molar refractivity (Wildman–Crippen MR) is 123 cm³/mol. The Morgan fingerprint density at radius 3 is 2.56 bits per heavy atom. The number of benzene rings is 2. The van der Waals surface area contributed by atoms with Gasteiger partial charge in [0.15, 0.2) is 0 Å². The van der Waals surface area contributed by atoms with Crippen LogP contribution in [0.3, 0.4) is 0 Å². The molecule has 8 heteroatoms. The second-order valence-corrected chi connectivity index (χ2v) is 8.11. The first kappa shape index (κ1) is 21.9. The van der Waals surface area contributed by atoms with Crippen LogP contribution in [-0.2, 0) is 9.59 Å². The van der Waals surface area contributed by atoms with Crippen molar-refractivity contribution in [1.29, 1.82) is 0 Å². The monoisotopic (exact) mass is 468 g/mol. The van der Waals surface area contributed by atoms with Crippen molar-refractivity contribution in [3.05, 3.63) is 93.2 Å². The topological polar surface area (TPSA) is 79.7 Å². The number of halogens is 2. The molecule has 6 nitrogen and oxygen atoms in total. The molecule has 0 bridgehead atoms. The van der Waals surface area contributed by atoms with Gasteiger partial charge in [0.25, 0.3) is 11.7 Å². The largest absolute Gasteiger partial charge is 0.507 e. The number of aromatic nitrogens is 1. The zero-order valence-electron chi connectivity index (χ0n) is 17.2. The smallest absolute Gasteiger partial charge is 0.300 e. The normalized spacial score (nSPS) is 17.6. The van der Waals surface area contributed by atoms with E-state index in [4.69, 9.17) is 27.9 Å². The molecule has 1 unspecified atom stereocenters. The number of aliphatic hydroxyl groups excluding tert-OH is 1. The number of hydrogen-bond acceptors (Lipinski definition) is 5. The van der Waals surface area contributed by atoms with Gasteiger partial charge in [-0.2, -0.15) is 0 Å². The number of aryl methyl sites for hydroxylation is 1. The van der Waals surface area contributed by atoms with Crippen molar-refractivity contribution in [1.82, 2.24) is 4.98 Å². The Morgan fingerprint density at radius 1 is 1.12 bits per heavy atom. The average molecular weight is 469 g/mol. The van der Waals surface area contributed by atoms with Crippen LogP contribution in [0.1, 0.15) is 22.7 Å². The van der Waals surface area contributed by atoms with Crippen molar-refractivity contribution in [2.24, 2.45) is 0 Å². The van der Waals surface area contributed by atoms with Crippen molar-refractivity contribution in [3.63, 3.8) is 0 Å². The minimum Gasteiger partial charge on any atom is -0.507 e. The van der Waals surface area contributed by atoms with Crippen LogP contribution in [0.25, 0.3) is 5.76 Å². The Hall–Kier alpha value is -3.35. The van der Waals surface area contributed by atoms with Crippen LogP contribution in [0.4, 0.5) is 5.69 Å². The lowest BCUT2D eigenvalue weighted by atomic mass is 9.95. The number of hydrogen-bond donors (Lipinski definition) is 1. The van der Waals surface area contributed by atoms with Gasteiger partial charge in [0.1, 0.15) is 11.5 Å². The molecule has 1 aromatic heterocycles. The standard InChI is InChI=1S/C24H18Cl2N2O4/c1-13-9-17(23(32-2)18(26)10-13)21(29)19-20(14-5-4-8-27-12-14)28(24(31)22(19)30)16-7-3-6-15(25)11-16/h3-12,20,29H,1-2H3/b21-19+. The molecule has 0 aliphatic carbocycles. The van der Waals surface area contributed by atoms with E-state index in [9.17, 15) is 14.7 Å². The quantitative estimate of drug-likeness (QED) is 0.317. The van der Waals surface area contributed by atoms with Crippen LogP contribution in [0.15, 0.2) is 66.5 Å². The highest BCUT2D eigenvalue weighted by atomic mass is 35.5. The second kappa shape index (κ2) is 8.65. The highest BCUT2D eigenvalue weighted by Crippen LogP contribution is 2.44. The summed E-state index contributed by atoms with van der Waals surface area (Å²) in [5.74, 6) is -1.81. The van der Waals surface area contributed by atoms with Gasteiger partial charge < -0.3 is 9.84 Å². The molecular formula is C24H18Cl2N2O4. The fourth-order valence-electron chi connectivity index (χ4n) is 3.84. The fourth-order valence-corrected chi connectivity index (χ4v) is 4.37. The minimum absolute atomic E-state index is 0.0945. The van der Waals surface area contributed by atoms with Gasteiger partial charge in [0, 0.05) is 23.1 Å². The SMILES string of the molecule is COc1c(Cl)cc(C)cc1/C(O)=C1\C(=O)C(=O)N(c2cccc(Cl)c2)C1c1cccnc1. The Balaban J connectivity index is 2.01. The molecule has 1 amide bonds. The van der Waals surface area contributed by atoms with Gasteiger partial charge in [0.2, 0.25) is 0 Å². The number of rotatable bonds is 4. The molecule has 1 N–H and O–H groups in total. The van der Waals surface area contributed by atoms with Crippen LogP contribution >= 0.6 is 23.2 Å². The van der Waals surface area contributed by atoms with E-state index < -0.39 is 17.7 Å². The molecule has 2 heterocycles. The van der Waals surface area contributed by atoms with E-state index in [0.717, 1.165) is 5.56 Å². The summed E-state index contributed by atoms with van der Waals surface area (Å²) in [6.07, 6.45) is 3.13. The molecular weight excluding hydrogens is 451 g/mol. The molecule has 162 valence electrons. The zero-order chi connectivity index (χ0) is 23.0. The summed E-state index contributed by atoms with van der Waals surface area (Å²) in [5.41, 5.74) is 1.84. The van der Waals surface area contributed by atoms with E-state index in [1.807, 2.05) is 0 Å². The lowest BCUT2D eigenvalue weighted by Gasteiger charge is -2.25. The van der Waals surface area contributed by atoms with Gasteiger partial charge in [-0.05, 0) is 54.4 Å². The fraction of sp³-hybridized carbons (Fsp3) is 0.125. The van der Waals surface area contributed by atoms with Gasteiger partial charge in [0.05, 0.1) is 29.3 Å². The number of anilines is 1. The lowest BCUT2D eigenvalue weighted by molar-refractivity contribution is -0.132. The third kappa shape index (κ3) is 3.72. The molecule has 1 fully saturated rings. The van der Waals surface area contributed by atoms with E-state index in [1.54, 1.807) is 67.8 Å². The minimum atomic E-state index is -0.925. The van der Waals surface area contributed by atoms with Crippen molar-refractivity contribution < 1.29 is 19.4 Å². The molecule has 0 radical (unpaired) electrons. The van der Waals surface area contributed by atoms with Crippen LogP contribution < -0.4 is 9.64 Å². The van der Waals surface area contributed by atoms with Crippen LogP contribution in [0.2, 0.25) is 10.0 Å². The highest BCUT2D eigenvalue weighted by Gasteiger charge is 2.47. The third-order valence-corrected chi connectivity index (χ3v) is 5.69. The summed E-state index contributed by atoms with van der Waals surface area (Å²) in [5, 5.41) is 12.0. The second-order valence-electron chi connectivity index (χ2n) is 7.26. The van der Waals surface area contributed by atoms with E-state index in [-0.39, 0.29) is 27.7 Å². The number of ketones is 1. The summed E-state index contributed by atoms with van der Waals surface area (Å²) in [6, 6.07) is 12.4. The molecule has 0 saturated carbocycles.